The first-order chi connectivity index (χ1) is 13.5. The maximum absolute atomic E-state index is 12.4. The van der Waals surface area contributed by atoms with Crippen LogP contribution in [0.1, 0.15) is 32.7 Å². The van der Waals surface area contributed by atoms with Crippen molar-refractivity contribution in [1.82, 2.24) is 20.1 Å². The molecule has 0 aliphatic carbocycles. The van der Waals surface area contributed by atoms with Crippen molar-refractivity contribution < 1.29 is 14.4 Å². The number of anilines is 1. The molecule has 1 N–H and O–H groups in total. The third-order valence-electron chi connectivity index (χ3n) is 4.24. The standard InChI is InChI=1S/C19H15N5O3S/c1-11-5-6-12-13(10-11)18(27)24(17(12)26)9-7-15(25)21-19-23-22-16(28-19)14-4-2-3-8-20-14/h2-6,8,10H,7,9H2,1H3,(H,21,23,25). The van der Waals surface area contributed by atoms with Crippen LogP contribution in [-0.2, 0) is 4.79 Å². The fourth-order valence-electron chi connectivity index (χ4n) is 2.87. The van der Waals surface area contributed by atoms with Crippen LogP contribution in [0.15, 0.2) is 42.6 Å². The molecule has 0 bridgehead atoms. The van der Waals surface area contributed by atoms with Crippen LogP contribution in [0.25, 0.3) is 10.7 Å². The second kappa shape index (κ2) is 7.28. The van der Waals surface area contributed by atoms with Gasteiger partial charge in [0.1, 0.15) is 5.69 Å². The van der Waals surface area contributed by atoms with Gasteiger partial charge in [0.15, 0.2) is 5.01 Å². The number of benzene rings is 1. The molecule has 0 atom stereocenters. The molecule has 0 spiro atoms. The Bertz CT molecular complexity index is 1080. The lowest BCUT2D eigenvalue weighted by Crippen LogP contribution is -2.32. The number of hydrogen-bond acceptors (Lipinski definition) is 7. The summed E-state index contributed by atoms with van der Waals surface area (Å²) >= 11 is 1.20. The molecule has 0 saturated heterocycles. The van der Waals surface area contributed by atoms with Crippen molar-refractivity contribution in [2.75, 3.05) is 11.9 Å². The second-order valence-electron chi connectivity index (χ2n) is 6.24. The zero-order valence-corrected chi connectivity index (χ0v) is 15.7. The molecule has 140 valence electrons. The first kappa shape index (κ1) is 17.9. The van der Waals surface area contributed by atoms with Gasteiger partial charge in [-0.3, -0.25) is 24.3 Å². The highest BCUT2D eigenvalue weighted by atomic mass is 32.1. The summed E-state index contributed by atoms with van der Waals surface area (Å²) in [6.45, 7) is 1.86. The van der Waals surface area contributed by atoms with Gasteiger partial charge in [-0.05, 0) is 31.2 Å². The summed E-state index contributed by atoms with van der Waals surface area (Å²) in [5.74, 6) is -1.09. The molecule has 1 aliphatic heterocycles. The van der Waals surface area contributed by atoms with Crippen molar-refractivity contribution in [2.45, 2.75) is 13.3 Å². The zero-order valence-electron chi connectivity index (χ0n) is 14.9. The van der Waals surface area contributed by atoms with Crippen LogP contribution in [0.2, 0.25) is 0 Å². The van der Waals surface area contributed by atoms with Gasteiger partial charge >= 0.3 is 0 Å². The number of hydrogen-bond donors (Lipinski definition) is 1. The molecule has 0 unspecified atom stereocenters. The van der Waals surface area contributed by atoms with Crippen molar-refractivity contribution in [3.8, 4) is 10.7 Å². The van der Waals surface area contributed by atoms with Gasteiger partial charge in [0.05, 0.1) is 11.1 Å². The van der Waals surface area contributed by atoms with Gasteiger partial charge in [-0.2, -0.15) is 0 Å². The summed E-state index contributed by atoms with van der Waals surface area (Å²) in [6.07, 6.45) is 1.63. The van der Waals surface area contributed by atoms with E-state index in [1.54, 1.807) is 36.5 Å². The fraction of sp³-hybridized carbons (Fsp3) is 0.158. The van der Waals surface area contributed by atoms with E-state index in [1.165, 1.54) is 11.3 Å². The monoisotopic (exact) mass is 393 g/mol. The lowest BCUT2D eigenvalue weighted by atomic mass is 10.1. The van der Waals surface area contributed by atoms with E-state index in [2.05, 4.69) is 20.5 Å². The number of nitrogens with zero attached hydrogens (tertiary/aromatic N) is 4. The number of nitrogens with one attached hydrogen (secondary N) is 1. The molecule has 28 heavy (non-hydrogen) atoms. The number of amides is 3. The number of carbonyl (C=O) groups is 3. The first-order valence-electron chi connectivity index (χ1n) is 8.54. The zero-order chi connectivity index (χ0) is 19.7. The molecule has 3 aromatic rings. The number of rotatable bonds is 5. The number of carbonyl (C=O) groups excluding carboxylic acids is 3. The minimum Gasteiger partial charge on any atom is -0.300 e. The molecule has 0 saturated carbocycles. The highest BCUT2D eigenvalue weighted by Gasteiger charge is 2.35. The molecular formula is C19H15N5O3S. The summed E-state index contributed by atoms with van der Waals surface area (Å²) in [5, 5.41) is 11.5. The average Bonchev–Trinajstić information content (AvgIpc) is 3.25. The maximum atomic E-state index is 12.4. The van der Waals surface area contributed by atoms with E-state index in [1.807, 2.05) is 13.0 Å². The van der Waals surface area contributed by atoms with Gasteiger partial charge in [-0.1, -0.05) is 29.0 Å². The van der Waals surface area contributed by atoms with E-state index < -0.39 is 0 Å². The quantitative estimate of drug-likeness (QED) is 0.668. The SMILES string of the molecule is Cc1ccc2c(c1)C(=O)N(CCC(=O)Nc1nnc(-c3ccccn3)s1)C2=O. The molecule has 1 aromatic carbocycles. The molecule has 2 aromatic heterocycles. The van der Waals surface area contributed by atoms with Gasteiger partial charge in [0.2, 0.25) is 11.0 Å². The van der Waals surface area contributed by atoms with Crippen LogP contribution in [-0.4, -0.2) is 44.3 Å². The van der Waals surface area contributed by atoms with Crippen LogP contribution in [0.3, 0.4) is 0 Å². The van der Waals surface area contributed by atoms with E-state index in [9.17, 15) is 14.4 Å². The highest BCUT2D eigenvalue weighted by molar-refractivity contribution is 7.18. The van der Waals surface area contributed by atoms with E-state index in [4.69, 9.17) is 0 Å². The van der Waals surface area contributed by atoms with Crippen LogP contribution in [0.4, 0.5) is 5.13 Å². The highest BCUT2D eigenvalue weighted by Crippen LogP contribution is 2.25. The Labute approximate surface area is 164 Å². The van der Waals surface area contributed by atoms with E-state index >= 15 is 0 Å². The average molecular weight is 393 g/mol. The molecule has 0 radical (unpaired) electrons. The lowest BCUT2D eigenvalue weighted by Gasteiger charge is -2.12. The van der Waals surface area contributed by atoms with Gasteiger partial charge in [-0.25, -0.2) is 0 Å². The summed E-state index contributed by atoms with van der Waals surface area (Å²) < 4.78 is 0. The van der Waals surface area contributed by atoms with Crippen molar-refractivity contribution in [3.05, 3.63) is 59.3 Å². The van der Waals surface area contributed by atoms with Gasteiger partial charge in [-0.15, -0.1) is 10.2 Å². The summed E-state index contributed by atoms with van der Waals surface area (Å²) in [4.78, 5) is 42.3. The fourth-order valence-corrected chi connectivity index (χ4v) is 3.61. The minimum absolute atomic E-state index is 0.00310. The Kier molecular flexibility index (Phi) is 4.66. The first-order valence-corrected chi connectivity index (χ1v) is 9.36. The van der Waals surface area contributed by atoms with Crippen molar-refractivity contribution in [2.24, 2.45) is 0 Å². The second-order valence-corrected chi connectivity index (χ2v) is 7.21. The molecule has 3 heterocycles. The van der Waals surface area contributed by atoms with Crippen LogP contribution in [0, 0.1) is 6.92 Å². The van der Waals surface area contributed by atoms with Crippen LogP contribution >= 0.6 is 11.3 Å². The van der Waals surface area contributed by atoms with Crippen molar-refractivity contribution in [1.29, 1.82) is 0 Å². The Balaban J connectivity index is 1.37. The summed E-state index contributed by atoms with van der Waals surface area (Å²) in [7, 11) is 0. The summed E-state index contributed by atoms with van der Waals surface area (Å²) in [5.41, 5.74) is 2.33. The Morgan fingerprint density at radius 2 is 1.93 bits per heavy atom. The molecule has 8 nitrogen and oxygen atoms in total. The normalized spacial score (nSPS) is 13.0. The number of pyridine rings is 1. The molecule has 4 rings (SSSR count). The smallest absolute Gasteiger partial charge is 0.261 e. The largest absolute Gasteiger partial charge is 0.300 e. The number of aryl methyl sites for hydroxylation is 1. The van der Waals surface area contributed by atoms with E-state index in [-0.39, 0.29) is 30.7 Å². The molecule has 9 heteroatoms. The van der Waals surface area contributed by atoms with E-state index in [0.29, 0.717) is 27.0 Å². The molecule has 1 aliphatic rings. The predicted molar refractivity (Wildman–Crippen MR) is 103 cm³/mol. The Morgan fingerprint density at radius 1 is 1.11 bits per heavy atom. The van der Waals surface area contributed by atoms with Crippen LogP contribution < -0.4 is 5.32 Å². The number of fused-ring (bicyclic) bond motifs is 1. The molecule has 0 fully saturated rings. The predicted octanol–water partition coefficient (Wildman–Crippen LogP) is 2.53. The molecule has 3 amide bonds. The third-order valence-corrected chi connectivity index (χ3v) is 5.11. The van der Waals surface area contributed by atoms with Crippen molar-refractivity contribution in [3.63, 3.8) is 0 Å². The van der Waals surface area contributed by atoms with Crippen LogP contribution in [0.5, 0.6) is 0 Å². The number of aromatic nitrogens is 3. The Morgan fingerprint density at radius 3 is 2.71 bits per heavy atom. The van der Waals surface area contributed by atoms with Gasteiger partial charge < -0.3 is 5.32 Å². The maximum Gasteiger partial charge on any atom is 0.261 e. The minimum atomic E-state index is -0.374. The van der Waals surface area contributed by atoms with E-state index in [0.717, 1.165) is 10.5 Å². The molecular weight excluding hydrogens is 378 g/mol. The topological polar surface area (TPSA) is 105 Å². The van der Waals surface area contributed by atoms with Gasteiger partial charge in [0.25, 0.3) is 11.8 Å². The number of imide groups is 1. The van der Waals surface area contributed by atoms with Crippen molar-refractivity contribution >= 4 is 34.2 Å². The Hall–Kier alpha value is -3.46. The summed E-state index contributed by atoms with van der Waals surface area (Å²) in [6, 6.07) is 10.6. The lowest BCUT2D eigenvalue weighted by molar-refractivity contribution is -0.116. The third kappa shape index (κ3) is 3.39. The van der Waals surface area contributed by atoms with Gasteiger partial charge in [0, 0.05) is 19.2 Å².